The summed E-state index contributed by atoms with van der Waals surface area (Å²) < 4.78 is 5.75. The zero-order valence-corrected chi connectivity index (χ0v) is 9.49. The van der Waals surface area contributed by atoms with Crippen molar-refractivity contribution in [2.75, 3.05) is 13.2 Å². The van der Waals surface area contributed by atoms with E-state index in [9.17, 15) is 0 Å². The minimum absolute atomic E-state index is 0.463. The Morgan fingerprint density at radius 2 is 2.44 bits per heavy atom. The normalized spacial score (nSPS) is 19.4. The van der Waals surface area contributed by atoms with E-state index < -0.39 is 0 Å². The number of hydrogen-bond donors (Lipinski definition) is 1. The molecule has 0 aromatic heterocycles. The SMILES string of the molecule is Cc1ccc(C#N)cc1OC[C@H]1CCCN1. The van der Waals surface area contributed by atoms with E-state index in [0.717, 1.165) is 17.9 Å². The van der Waals surface area contributed by atoms with E-state index in [0.29, 0.717) is 18.2 Å². The van der Waals surface area contributed by atoms with Crippen LogP contribution in [0.2, 0.25) is 0 Å². The molecule has 0 spiro atoms. The van der Waals surface area contributed by atoms with E-state index in [1.54, 1.807) is 0 Å². The molecule has 1 atom stereocenters. The third kappa shape index (κ3) is 2.53. The van der Waals surface area contributed by atoms with Crippen molar-refractivity contribution in [1.82, 2.24) is 5.32 Å². The molecule has 0 unspecified atom stereocenters. The highest BCUT2D eigenvalue weighted by Crippen LogP contribution is 2.20. The highest BCUT2D eigenvalue weighted by molar-refractivity contribution is 5.41. The molecular formula is C13H16N2O. The highest BCUT2D eigenvalue weighted by atomic mass is 16.5. The molecule has 1 N–H and O–H groups in total. The second-order valence-electron chi connectivity index (χ2n) is 4.20. The molecule has 3 heteroatoms. The van der Waals surface area contributed by atoms with Crippen LogP contribution in [0.5, 0.6) is 5.75 Å². The van der Waals surface area contributed by atoms with Crippen LogP contribution in [0.4, 0.5) is 0 Å². The molecule has 1 heterocycles. The number of nitrogens with zero attached hydrogens (tertiary/aromatic N) is 1. The van der Waals surface area contributed by atoms with E-state index in [1.807, 2.05) is 25.1 Å². The maximum atomic E-state index is 8.81. The van der Waals surface area contributed by atoms with Crippen molar-refractivity contribution in [2.24, 2.45) is 0 Å². The standard InChI is InChI=1S/C13H16N2O/c1-10-4-5-11(8-14)7-13(10)16-9-12-3-2-6-15-12/h4-5,7,12,15H,2-3,6,9H2,1H3/t12-/m1/s1. The fourth-order valence-corrected chi connectivity index (χ4v) is 1.91. The Kier molecular flexibility index (Phi) is 3.43. The number of hydrogen-bond acceptors (Lipinski definition) is 3. The number of nitriles is 1. The first-order chi connectivity index (χ1) is 7.79. The molecular weight excluding hydrogens is 200 g/mol. The van der Waals surface area contributed by atoms with Crippen LogP contribution in [-0.2, 0) is 0 Å². The third-order valence-electron chi connectivity index (χ3n) is 2.92. The van der Waals surface area contributed by atoms with Crippen LogP contribution in [-0.4, -0.2) is 19.2 Å². The summed E-state index contributed by atoms with van der Waals surface area (Å²) in [5.41, 5.74) is 1.73. The first kappa shape index (κ1) is 11.0. The number of ether oxygens (including phenoxy) is 1. The Balaban J connectivity index is 2.00. The van der Waals surface area contributed by atoms with Gasteiger partial charge in [-0.3, -0.25) is 0 Å². The van der Waals surface area contributed by atoms with E-state index in [-0.39, 0.29) is 0 Å². The van der Waals surface area contributed by atoms with Crippen LogP contribution < -0.4 is 10.1 Å². The van der Waals surface area contributed by atoms with Gasteiger partial charge in [0.05, 0.1) is 11.6 Å². The summed E-state index contributed by atoms with van der Waals surface area (Å²) in [5, 5.41) is 12.2. The lowest BCUT2D eigenvalue weighted by molar-refractivity contribution is 0.275. The lowest BCUT2D eigenvalue weighted by atomic mass is 10.1. The molecule has 0 amide bonds. The molecule has 0 bridgehead atoms. The van der Waals surface area contributed by atoms with E-state index in [2.05, 4.69) is 11.4 Å². The summed E-state index contributed by atoms with van der Waals surface area (Å²) in [5.74, 6) is 0.827. The number of aryl methyl sites for hydroxylation is 1. The van der Waals surface area contributed by atoms with Gasteiger partial charge in [0.2, 0.25) is 0 Å². The Morgan fingerprint density at radius 3 is 3.12 bits per heavy atom. The highest BCUT2D eigenvalue weighted by Gasteiger charge is 2.14. The van der Waals surface area contributed by atoms with E-state index in [4.69, 9.17) is 10.00 Å². The average molecular weight is 216 g/mol. The van der Waals surface area contributed by atoms with E-state index >= 15 is 0 Å². The topological polar surface area (TPSA) is 45.0 Å². The maximum absolute atomic E-state index is 8.81. The van der Waals surface area contributed by atoms with Gasteiger partial charge in [-0.2, -0.15) is 5.26 Å². The average Bonchev–Trinajstić information content (AvgIpc) is 2.81. The van der Waals surface area contributed by atoms with Crippen molar-refractivity contribution in [3.63, 3.8) is 0 Å². The smallest absolute Gasteiger partial charge is 0.123 e. The maximum Gasteiger partial charge on any atom is 0.123 e. The lowest BCUT2D eigenvalue weighted by Gasteiger charge is -2.13. The molecule has 1 aromatic rings. The predicted octanol–water partition coefficient (Wildman–Crippen LogP) is 2.00. The van der Waals surface area contributed by atoms with Crippen molar-refractivity contribution >= 4 is 0 Å². The van der Waals surface area contributed by atoms with Gasteiger partial charge in [0.15, 0.2) is 0 Å². The van der Waals surface area contributed by atoms with Crippen LogP contribution in [0.1, 0.15) is 24.0 Å². The monoisotopic (exact) mass is 216 g/mol. The van der Waals surface area contributed by atoms with Crippen molar-refractivity contribution in [1.29, 1.82) is 5.26 Å². The first-order valence-electron chi connectivity index (χ1n) is 5.66. The number of rotatable bonds is 3. The molecule has 3 nitrogen and oxygen atoms in total. The second kappa shape index (κ2) is 5.00. The van der Waals surface area contributed by atoms with Crippen LogP contribution in [0.25, 0.3) is 0 Å². The minimum Gasteiger partial charge on any atom is -0.492 e. The third-order valence-corrected chi connectivity index (χ3v) is 2.92. The summed E-state index contributed by atoms with van der Waals surface area (Å²) in [4.78, 5) is 0. The Hall–Kier alpha value is -1.53. The van der Waals surface area contributed by atoms with Gasteiger partial charge < -0.3 is 10.1 Å². The van der Waals surface area contributed by atoms with Gasteiger partial charge in [-0.05, 0) is 44.0 Å². The minimum atomic E-state index is 0.463. The molecule has 0 saturated carbocycles. The van der Waals surface area contributed by atoms with Crippen molar-refractivity contribution in [3.8, 4) is 11.8 Å². The predicted molar refractivity (Wildman–Crippen MR) is 62.4 cm³/mol. The molecule has 1 aromatic carbocycles. The lowest BCUT2D eigenvalue weighted by Crippen LogP contribution is -2.28. The van der Waals surface area contributed by atoms with Gasteiger partial charge in [-0.25, -0.2) is 0 Å². The van der Waals surface area contributed by atoms with E-state index in [1.165, 1.54) is 12.8 Å². The fraction of sp³-hybridized carbons (Fsp3) is 0.462. The summed E-state index contributed by atoms with van der Waals surface area (Å²) >= 11 is 0. The molecule has 1 aliphatic heterocycles. The molecule has 1 saturated heterocycles. The van der Waals surface area contributed by atoms with Gasteiger partial charge in [0.25, 0.3) is 0 Å². The molecule has 1 aliphatic rings. The molecule has 84 valence electrons. The van der Waals surface area contributed by atoms with Gasteiger partial charge in [0, 0.05) is 6.04 Å². The second-order valence-corrected chi connectivity index (χ2v) is 4.20. The van der Waals surface area contributed by atoms with Crippen LogP contribution >= 0.6 is 0 Å². The summed E-state index contributed by atoms with van der Waals surface area (Å²) in [6.45, 7) is 3.78. The zero-order chi connectivity index (χ0) is 11.4. The zero-order valence-electron chi connectivity index (χ0n) is 9.49. The molecule has 0 radical (unpaired) electrons. The van der Waals surface area contributed by atoms with Gasteiger partial charge in [0.1, 0.15) is 12.4 Å². The van der Waals surface area contributed by atoms with Crippen molar-refractivity contribution < 1.29 is 4.74 Å². The summed E-state index contributed by atoms with van der Waals surface area (Å²) in [6.07, 6.45) is 2.40. The molecule has 2 rings (SSSR count). The van der Waals surface area contributed by atoms with Crippen LogP contribution in [0.15, 0.2) is 18.2 Å². The Bertz CT molecular complexity index is 403. The molecule has 1 fully saturated rings. The van der Waals surface area contributed by atoms with Gasteiger partial charge in [-0.1, -0.05) is 6.07 Å². The fourth-order valence-electron chi connectivity index (χ4n) is 1.91. The van der Waals surface area contributed by atoms with Crippen LogP contribution in [0, 0.1) is 18.3 Å². The van der Waals surface area contributed by atoms with Gasteiger partial charge >= 0.3 is 0 Å². The number of benzene rings is 1. The van der Waals surface area contributed by atoms with Gasteiger partial charge in [-0.15, -0.1) is 0 Å². The summed E-state index contributed by atoms with van der Waals surface area (Å²) in [6, 6.07) is 8.14. The molecule has 0 aliphatic carbocycles. The van der Waals surface area contributed by atoms with Crippen molar-refractivity contribution in [2.45, 2.75) is 25.8 Å². The van der Waals surface area contributed by atoms with Crippen LogP contribution in [0.3, 0.4) is 0 Å². The first-order valence-corrected chi connectivity index (χ1v) is 5.66. The molecule has 16 heavy (non-hydrogen) atoms. The largest absolute Gasteiger partial charge is 0.492 e. The Labute approximate surface area is 96.0 Å². The van der Waals surface area contributed by atoms with Crippen molar-refractivity contribution in [3.05, 3.63) is 29.3 Å². The summed E-state index contributed by atoms with van der Waals surface area (Å²) in [7, 11) is 0. The quantitative estimate of drug-likeness (QED) is 0.840. The number of nitrogens with one attached hydrogen (secondary N) is 1. The Morgan fingerprint density at radius 1 is 1.56 bits per heavy atom.